The highest BCUT2D eigenvalue weighted by molar-refractivity contribution is 6.07. The Kier molecular flexibility index (Phi) is 5.24. The summed E-state index contributed by atoms with van der Waals surface area (Å²) in [6, 6.07) is 11.1. The number of aryl methyl sites for hydroxylation is 3. The Morgan fingerprint density at radius 1 is 1.06 bits per heavy atom. The molecule has 176 valence electrons. The minimum absolute atomic E-state index is 0.0761. The van der Waals surface area contributed by atoms with E-state index in [9.17, 15) is 4.79 Å². The summed E-state index contributed by atoms with van der Waals surface area (Å²) in [5.74, 6) is 0.978. The van der Waals surface area contributed by atoms with E-state index in [1.165, 1.54) is 6.33 Å². The molecule has 35 heavy (non-hydrogen) atoms. The fraction of sp³-hybridized carbons (Fsp3) is 0.130. The zero-order valence-corrected chi connectivity index (χ0v) is 19.1. The summed E-state index contributed by atoms with van der Waals surface area (Å²) in [7, 11) is 3.60. The van der Waals surface area contributed by atoms with Crippen LogP contribution in [0.5, 0.6) is 17.6 Å². The summed E-state index contributed by atoms with van der Waals surface area (Å²) in [4.78, 5) is 28.3. The number of amides is 1. The Morgan fingerprint density at radius 3 is 2.54 bits per heavy atom. The topological polar surface area (TPSA) is 162 Å². The molecule has 12 nitrogen and oxygen atoms in total. The molecular formula is C23H21N9O3. The van der Waals surface area contributed by atoms with Crippen LogP contribution in [0, 0.1) is 6.92 Å². The standard InChI is InChI=1S/C23H21N9O3/c1-12-8-9-26-23(29-12)34-14-6-4-13(5-7-14)17-18-20(24)27-11-28-21(18)31(2)19(17)15-10-16(30-32(15)3)35-22(25)33/h4-11H,1-3H3,(H2,25,33)(H2,24,27,28). The number of aromatic nitrogens is 7. The normalized spacial score (nSPS) is 11.1. The van der Waals surface area contributed by atoms with Gasteiger partial charge in [0.05, 0.1) is 16.8 Å². The van der Waals surface area contributed by atoms with Gasteiger partial charge in [0.15, 0.2) is 0 Å². The van der Waals surface area contributed by atoms with Crippen molar-refractivity contribution >= 4 is 22.9 Å². The van der Waals surface area contributed by atoms with Crippen LogP contribution >= 0.6 is 0 Å². The number of nitrogens with zero attached hydrogens (tertiary/aromatic N) is 7. The van der Waals surface area contributed by atoms with Gasteiger partial charge >= 0.3 is 12.1 Å². The highest BCUT2D eigenvalue weighted by Crippen LogP contribution is 2.42. The van der Waals surface area contributed by atoms with E-state index >= 15 is 0 Å². The van der Waals surface area contributed by atoms with Gasteiger partial charge in [0.2, 0.25) is 5.88 Å². The molecule has 0 fully saturated rings. The van der Waals surface area contributed by atoms with Gasteiger partial charge in [-0.05, 0) is 30.7 Å². The maximum Gasteiger partial charge on any atom is 0.411 e. The predicted octanol–water partition coefficient (Wildman–Crippen LogP) is 2.97. The van der Waals surface area contributed by atoms with Gasteiger partial charge in [-0.3, -0.25) is 4.68 Å². The molecule has 0 atom stereocenters. The zero-order valence-electron chi connectivity index (χ0n) is 19.1. The largest absolute Gasteiger partial charge is 0.424 e. The van der Waals surface area contributed by atoms with Crippen molar-refractivity contribution in [3.63, 3.8) is 0 Å². The number of anilines is 1. The lowest BCUT2D eigenvalue weighted by Gasteiger charge is -2.10. The molecule has 0 aliphatic rings. The van der Waals surface area contributed by atoms with E-state index in [0.29, 0.717) is 28.3 Å². The number of nitrogens with two attached hydrogens (primary N) is 2. The molecule has 0 radical (unpaired) electrons. The van der Waals surface area contributed by atoms with Crippen LogP contribution in [0.25, 0.3) is 33.5 Å². The van der Waals surface area contributed by atoms with E-state index in [0.717, 1.165) is 22.5 Å². The van der Waals surface area contributed by atoms with Crippen molar-refractivity contribution in [2.24, 2.45) is 19.8 Å². The highest BCUT2D eigenvalue weighted by Gasteiger charge is 2.24. The van der Waals surface area contributed by atoms with E-state index in [1.54, 1.807) is 30.1 Å². The SMILES string of the molecule is Cc1ccnc(Oc2ccc(-c3c(-c4cc(OC(N)=O)nn4C)n(C)c4ncnc(N)c34)cc2)n1. The first-order chi connectivity index (χ1) is 16.8. The van der Waals surface area contributed by atoms with E-state index in [-0.39, 0.29) is 11.9 Å². The molecular weight excluding hydrogens is 450 g/mol. The molecule has 0 unspecified atom stereocenters. The summed E-state index contributed by atoms with van der Waals surface area (Å²) in [5.41, 5.74) is 15.9. The molecule has 0 saturated carbocycles. The third kappa shape index (κ3) is 3.97. The molecule has 5 rings (SSSR count). The number of primary amides is 1. The molecule has 0 saturated heterocycles. The minimum Gasteiger partial charge on any atom is -0.424 e. The molecule has 4 heterocycles. The van der Waals surface area contributed by atoms with Crippen molar-refractivity contribution in [2.75, 3.05) is 5.73 Å². The number of hydrogen-bond donors (Lipinski definition) is 2. The van der Waals surface area contributed by atoms with Crippen molar-refractivity contribution < 1.29 is 14.3 Å². The van der Waals surface area contributed by atoms with Crippen molar-refractivity contribution in [2.45, 2.75) is 6.92 Å². The second kappa shape index (κ2) is 8.41. The van der Waals surface area contributed by atoms with Crippen LogP contribution in [0.3, 0.4) is 0 Å². The number of benzene rings is 1. The number of nitrogen functional groups attached to an aromatic ring is 1. The van der Waals surface area contributed by atoms with E-state index in [4.69, 9.17) is 20.9 Å². The Hall–Kier alpha value is -5.00. The third-order valence-electron chi connectivity index (χ3n) is 5.43. The Bertz CT molecular complexity index is 1570. The molecule has 4 aromatic heterocycles. The van der Waals surface area contributed by atoms with Gasteiger partial charge in [-0.2, -0.15) is 0 Å². The lowest BCUT2D eigenvalue weighted by Crippen LogP contribution is -2.16. The fourth-order valence-corrected chi connectivity index (χ4v) is 3.94. The number of rotatable bonds is 5. The van der Waals surface area contributed by atoms with Gasteiger partial charge < -0.3 is 25.5 Å². The van der Waals surface area contributed by atoms with E-state index in [2.05, 4.69) is 25.0 Å². The molecule has 0 aliphatic heterocycles. The van der Waals surface area contributed by atoms with Gasteiger partial charge in [-0.15, -0.1) is 5.10 Å². The first-order valence-electron chi connectivity index (χ1n) is 10.5. The lowest BCUT2D eigenvalue weighted by molar-refractivity contribution is 0.208. The zero-order chi connectivity index (χ0) is 24.7. The quantitative estimate of drug-likeness (QED) is 0.392. The second-order valence-electron chi connectivity index (χ2n) is 7.76. The number of ether oxygens (including phenoxy) is 2. The number of carbonyl (C=O) groups excluding carboxylic acids is 1. The summed E-state index contributed by atoms with van der Waals surface area (Å²) in [5, 5.41) is 4.92. The maximum atomic E-state index is 11.2. The van der Waals surface area contributed by atoms with Gasteiger partial charge in [-0.1, -0.05) is 12.1 Å². The summed E-state index contributed by atoms with van der Waals surface area (Å²) in [6.07, 6.45) is 2.10. The maximum absolute atomic E-state index is 11.2. The molecule has 1 aromatic carbocycles. The summed E-state index contributed by atoms with van der Waals surface area (Å²) >= 11 is 0. The number of carbonyl (C=O) groups is 1. The van der Waals surface area contributed by atoms with E-state index in [1.807, 2.05) is 42.8 Å². The van der Waals surface area contributed by atoms with Crippen LogP contribution in [-0.4, -0.2) is 40.4 Å². The minimum atomic E-state index is -0.949. The number of hydrogen-bond acceptors (Lipinski definition) is 9. The third-order valence-corrected chi connectivity index (χ3v) is 5.43. The van der Waals surface area contributed by atoms with Crippen molar-refractivity contribution in [3.05, 3.63) is 54.6 Å². The Balaban J connectivity index is 1.65. The average molecular weight is 471 g/mol. The highest BCUT2D eigenvalue weighted by atomic mass is 16.6. The molecule has 4 N–H and O–H groups in total. The van der Waals surface area contributed by atoms with Gasteiger partial charge in [-0.25, -0.2) is 24.7 Å². The number of fused-ring (bicyclic) bond motifs is 1. The molecule has 0 bridgehead atoms. The van der Waals surface area contributed by atoms with Gasteiger partial charge in [0, 0.05) is 37.6 Å². The first kappa shape index (κ1) is 21.8. The predicted molar refractivity (Wildman–Crippen MR) is 128 cm³/mol. The van der Waals surface area contributed by atoms with Crippen molar-refractivity contribution in [3.8, 4) is 40.2 Å². The smallest absolute Gasteiger partial charge is 0.411 e. The fourth-order valence-electron chi connectivity index (χ4n) is 3.94. The van der Waals surface area contributed by atoms with Crippen LogP contribution in [0.15, 0.2) is 48.9 Å². The van der Waals surface area contributed by atoms with E-state index < -0.39 is 6.09 Å². The Morgan fingerprint density at radius 2 is 1.83 bits per heavy atom. The average Bonchev–Trinajstić information content (AvgIpc) is 3.31. The molecule has 5 aromatic rings. The van der Waals surface area contributed by atoms with Crippen LogP contribution in [-0.2, 0) is 14.1 Å². The van der Waals surface area contributed by atoms with Crippen LogP contribution in [0.4, 0.5) is 10.6 Å². The lowest BCUT2D eigenvalue weighted by atomic mass is 10.0. The molecule has 0 aliphatic carbocycles. The van der Waals surface area contributed by atoms with Gasteiger partial charge in [0.1, 0.15) is 23.5 Å². The molecule has 1 amide bonds. The monoisotopic (exact) mass is 471 g/mol. The molecule has 12 heteroatoms. The Labute approximate surface area is 199 Å². The first-order valence-corrected chi connectivity index (χ1v) is 10.5. The van der Waals surface area contributed by atoms with Crippen LogP contribution in [0.1, 0.15) is 5.69 Å². The summed E-state index contributed by atoms with van der Waals surface area (Å²) in [6.45, 7) is 1.87. The van der Waals surface area contributed by atoms with Crippen LogP contribution in [0.2, 0.25) is 0 Å². The second-order valence-corrected chi connectivity index (χ2v) is 7.76. The van der Waals surface area contributed by atoms with Crippen LogP contribution < -0.4 is 20.9 Å². The summed E-state index contributed by atoms with van der Waals surface area (Å²) < 4.78 is 14.2. The van der Waals surface area contributed by atoms with Gasteiger partial charge in [0.25, 0.3) is 0 Å². The van der Waals surface area contributed by atoms with Crippen molar-refractivity contribution in [1.29, 1.82) is 0 Å². The van der Waals surface area contributed by atoms with Crippen molar-refractivity contribution in [1.82, 2.24) is 34.3 Å². The molecule has 0 spiro atoms.